The van der Waals surface area contributed by atoms with Gasteiger partial charge in [-0.25, -0.2) is 19.2 Å². The Balaban J connectivity index is 2.00. The Morgan fingerprint density at radius 3 is 2.59 bits per heavy atom. The van der Waals surface area contributed by atoms with Crippen LogP contribution >= 0.6 is 23.2 Å². The van der Waals surface area contributed by atoms with Crippen LogP contribution in [0.4, 0.5) is 15.8 Å². The number of esters is 1. The lowest BCUT2D eigenvalue weighted by Crippen LogP contribution is -2.41. The van der Waals surface area contributed by atoms with Gasteiger partial charge in [0.2, 0.25) is 5.88 Å². The lowest BCUT2D eigenvalue weighted by Gasteiger charge is -2.32. The van der Waals surface area contributed by atoms with Gasteiger partial charge < -0.3 is 24.1 Å². The summed E-state index contributed by atoms with van der Waals surface area (Å²) in [5, 5.41) is 12.4. The van der Waals surface area contributed by atoms with Crippen molar-refractivity contribution >= 4 is 52.0 Å². The first kappa shape index (κ1) is 29.9. The Hall–Kier alpha value is -4.03. The van der Waals surface area contributed by atoms with Crippen molar-refractivity contribution in [1.82, 2.24) is 14.5 Å². The fourth-order valence-corrected chi connectivity index (χ4v) is 4.74. The van der Waals surface area contributed by atoms with E-state index in [9.17, 15) is 9.59 Å². The van der Waals surface area contributed by atoms with E-state index in [1.54, 1.807) is 13.8 Å². The van der Waals surface area contributed by atoms with Crippen LogP contribution in [0.25, 0.3) is 0 Å². The molecule has 0 aliphatic carbocycles. The maximum atomic E-state index is 15.6. The van der Waals surface area contributed by atoms with E-state index in [1.807, 2.05) is 0 Å². The predicted octanol–water partition coefficient (Wildman–Crippen LogP) is 4.78. The molecule has 1 aliphatic heterocycles. The number of pyridine rings is 1. The molecular formula is C27H27Cl2FN6O5. The number of fused-ring (bicyclic) bond motifs is 1. The fourth-order valence-electron chi connectivity index (χ4n) is 4.32. The van der Waals surface area contributed by atoms with Gasteiger partial charge in [-0.3, -0.25) is 10.2 Å². The van der Waals surface area contributed by atoms with Crippen LogP contribution in [0.15, 0.2) is 46.4 Å². The monoisotopic (exact) mass is 604 g/mol. The lowest BCUT2D eigenvalue weighted by atomic mass is 9.80. The van der Waals surface area contributed by atoms with Crippen LogP contribution in [-0.2, 0) is 16.6 Å². The molecule has 2 aromatic heterocycles. The number of aromatic nitrogens is 3. The zero-order valence-corrected chi connectivity index (χ0v) is 24.1. The summed E-state index contributed by atoms with van der Waals surface area (Å²) in [5.41, 5.74) is -0.518. The zero-order valence-electron chi connectivity index (χ0n) is 22.6. The molecule has 0 radical (unpaired) electrons. The summed E-state index contributed by atoms with van der Waals surface area (Å²) < 4.78 is 32.9. The van der Waals surface area contributed by atoms with Crippen molar-refractivity contribution < 1.29 is 23.4 Å². The molecule has 3 aromatic rings. The second-order valence-corrected chi connectivity index (χ2v) is 10.3. The number of nitrogens with zero attached hydrogens (tertiary/aromatic N) is 4. The first-order valence-electron chi connectivity index (χ1n) is 12.5. The molecule has 14 heteroatoms. The van der Waals surface area contributed by atoms with E-state index in [2.05, 4.69) is 15.3 Å². The standard InChI is InChI=1S/C27H27Cl2FN6O5/c1-13(2)22-20(21(31)26(38)41-8-7-40-24-19(34-22)11-32-27(35-24)39-4)23(16-6-5-14(28)9-17(16)30)33-18-10-15(29)12-36(3)25(18)37/h5-6,9-13,20,23,31,33H,7-8H2,1-4H3. The third-order valence-corrected chi connectivity index (χ3v) is 6.68. The number of cyclic esters (lactones) is 1. The van der Waals surface area contributed by atoms with E-state index in [1.165, 1.54) is 49.3 Å². The zero-order chi connectivity index (χ0) is 29.8. The minimum absolute atomic E-state index is 0.00902. The predicted molar refractivity (Wildman–Crippen MR) is 153 cm³/mol. The number of nitrogens with one attached hydrogen (secondary N) is 2. The van der Waals surface area contributed by atoms with Gasteiger partial charge in [0.1, 0.15) is 36.1 Å². The highest BCUT2D eigenvalue weighted by atomic mass is 35.5. The molecule has 0 amide bonds. The molecule has 0 saturated carbocycles. The van der Waals surface area contributed by atoms with E-state index in [0.717, 1.165) is 6.07 Å². The first-order chi connectivity index (χ1) is 19.5. The van der Waals surface area contributed by atoms with Crippen LogP contribution in [0, 0.1) is 23.1 Å². The molecule has 0 saturated heterocycles. The van der Waals surface area contributed by atoms with Gasteiger partial charge in [0.15, 0.2) is 0 Å². The van der Waals surface area contributed by atoms with Crippen molar-refractivity contribution in [3.05, 3.63) is 68.4 Å². The smallest absolute Gasteiger partial charge is 0.352 e. The molecule has 2 atom stereocenters. The molecule has 41 heavy (non-hydrogen) atoms. The Kier molecular flexibility index (Phi) is 9.24. The van der Waals surface area contributed by atoms with Crippen molar-refractivity contribution in [3.8, 4) is 11.9 Å². The van der Waals surface area contributed by atoms with Gasteiger partial charge in [-0.1, -0.05) is 43.1 Å². The third kappa shape index (κ3) is 6.66. The Labute approximate surface area is 244 Å². The molecule has 3 heterocycles. The van der Waals surface area contributed by atoms with Gasteiger partial charge in [-0.15, -0.1) is 0 Å². The minimum atomic E-state index is -1.25. The van der Waals surface area contributed by atoms with Crippen molar-refractivity contribution in [2.24, 2.45) is 23.9 Å². The molecule has 0 bridgehead atoms. The van der Waals surface area contributed by atoms with Gasteiger partial charge in [-0.2, -0.15) is 4.98 Å². The topological polar surface area (TPSA) is 141 Å². The number of halogens is 3. The van der Waals surface area contributed by atoms with Crippen LogP contribution in [-0.4, -0.2) is 52.3 Å². The minimum Gasteiger partial charge on any atom is -0.472 e. The van der Waals surface area contributed by atoms with Gasteiger partial charge in [-0.05, 0) is 24.1 Å². The third-order valence-electron chi connectivity index (χ3n) is 6.23. The Morgan fingerprint density at radius 1 is 1.17 bits per heavy atom. The summed E-state index contributed by atoms with van der Waals surface area (Å²) in [4.78, 5) is 39.3. The van der Waals surface area contributed by atoms with E-state index in [0.29, 0.717) is 0 Å². The summed E-state index contributed by atoms with van der Waals surface area (Å²) in [6.45, 7) is 3.29. The molecule has 216 valence electrons. The second-order valence-electron chi connectivity index (χ2n) is 9.39. The Morgan fingerprint density at radius 2 is 1.90 bits per heavy atom. The first-order valence-corrected chi connectivity index (χ1v) is 13.2. The quantitative estimate of drug-likeness (QED) is 0.383. The number of anilines is 1. The van der Waals surface area contributed by atoms with Crippen LogP contribution < -0.4 is 20.3 Å². The van der Waals surface area contributed by atoms with Crippen LogP contribution in [0.1, 0.15) is 25.5 Å². The van der Waals surface area contributed by atoms with E-state index >= 15 is 4.39 Å². The van der Waals surface area contributed by atoms with E-state index < -0.39 is 40.9 Å². The number of carbonyl (C=O) groups excluding carboxylic acids is 1. The van der Waals surface area contributed by atoms with Gasteiger partial charge in [0.05, 0.1) is 30.3 Å². The van der Waals surface area contributed by atoms with Gasteiger partial charge in [0, 0.05) is 29.5 Å². The van der Waals surface area contributed by atoms with E-state index in [-0.39, 0.29) is 57.8 Å². The largest absolute Gasteiger partial charge is 0.472 e. The summed E-state index contributed by atoms with van der Waals surface area (Å²) >= 11 is 12.3. The fraction of sp³-hybridized carbons (Fsp3) is 0.333. The molecule has 11 nitrogen and oxygen atoms in total. The molecule has 2 unspecified atom stereocenters. The lowest BCUT2D eigenvalue weighted by molar-refractivity contribution is -0.136. The average molecular weight is 605 g/mol. The van der Waals surface area contributed by atoms with Crippen molar-refractivity contribution in [3.63, 3.8) is 0 Å². The number of carbonyl (C=O) groups is 1. The summed E-state index contributed by atoms with van der Waals surface area (Å²) in [6.07, 6.45) is 2.80. The van der Waals surface area contributed by atoms with Gasteiger partial charge in [0.25, 0.3) is 5.56 Å². The number of rotatable bonds is 6. The Bertz CT molecular complexity index is 1580. The normalized spacial score (nSPS) is 16.6. The van der Waals surface area contributed by atoms with Gasteiger partial charge >= 0.3 is 12.0 Å². The molecule has 1 aliphatic rings. The molecule has 2 N–H and O–H groups in total. The molecule has 4 rings (SSSR count). The van der Waals surface area contributed by atoms with Crippen molar-refractivity contribution in [1.29, 1.82) is 5.41 Å². The number of methoxy groups -OCH3 is 1. The average Bonchev–Trinajstić information content (AvgIpc) is 2.94. The molecule has 1 aromatic carbocycles. The highest BCUT2D eigenvalue weighted by Gasteiger charge is 2.39. The number of ether oxygens (including phenoxy) is 3. The maximum absolute atomic E-state index is 15.6. The number of hydrogen-bond acceptors (Lipinski definition) is 10. The number of aryl methyl sites for hydroxylation is 1. The van der Waals surface area contributed by atoms with Crippen molar-refractivity contribution in [2.75, 3.05) is 25.6 Å². The van der Waals surface area contributed by atoms with E-state index in [4.69, 9.17) is 47.8 Å². The highest BCUT2D eigenvalue weighted by Crippen LogP contribution is 2.36. The number of benzene rings is 1. The molecular weight excluding hydrogens is 578 g/mol. The highest BCUT2D eigenvalue weighted by molar-refractivity contribution is 6.40. The van der Waals surface area contributed by atoms with Crippen LogP contribution in [0.5, 0.6) is 11.9 Å². The number of hydrogen-bond donors (Lipinski definition) is 2. The van der Waals surface area contributed by atoms with Crippen LogP contribution in [0.2, 0.25) is 10.0 Å². The van der Waals surface area contributed by atoms with Crippen LogP contribution in [0.3, 0.4) is 0 Å². The molecule has 0 spiro atoms. The molecule has 0 fully saturated rings. The maximum Gasteiger partial charge on any atom is 0.352 e. The SMILES string of the molecule is COc1ncc2c(n1)OCCOC(=O)C(=N)C(C(Nc1cc(Cl)cn(C)c1=O)c1ccc(Cl)cc1F)C(C(C)C)=N2. The summed E-state index contributed by atoms with van der Waals surface area (Å²) in [5.74, 6) is -3.31. The summed E-state index contributed by atoms with van der Waals surface area (Å²) in [7, 11) is 2.90. The van der Waals surface area contributed by atoms with Crippen molar-refractivity contribution in [2.45, 2.75) is 19.9 Å². The number of aliphatic imine (C=N–C) groups is 1. The second kappa shape index (κ2) is 12.6. The summed E-state index contributed by atoms with van der Waals surface area (Å²) in [6, 6.07) is 4.17.